The summed E-state index contributed by atoms with van der Waals surface area (Å²) in [7, 11) is 0. The van der Waals surface area contributed by atoms with Gasteiger partial charge in [0.1, 0.15) is 0 Å². The Morgan fingerprint density at radius 2 is 1.50 bits per heavy atom. The number of nitrogens with two attached hydrogens (primary N) is 1. The fourth-order valence-corrected chi connectivity index (χ4v) is 2.32. The van der Waals surface area contributed by atoms with Gasteiger partial charge in [-0.1, -0.05) is 44.0 Å². The van der Waals surface area contributed by atoms with Crippen LogP contribution in [-0.2, 0) is 4.79 Å². The first-order valence-electron chi connectivity index (χ1n) is 8.37. The normalized spacial score (nSPS) is 16.7. The topological polar surface area (TPSA) is 101 Å². The number of benzene rings is 1. The predicted molar refractivity (Wildman–Crippen MR) is 94.0 cm³/mol. The molecule has 132 valence electrons. The number of aromatic carboxylic acids is 1. The minimum atomic E-state index is -0.879. The van der Waals surface area contributed by atoms with Crippen LogP contribution in [0.5, 0.6) is 0 Å². The van der Waals surface area contributed by atoms with Crippen LogP contribution < -0.4 is 5.73 Å². The number of carbonyl (C=O) groups is 2. The monoisotopic (exact) mass is 333 g/mol. The molecule has 5 heteroatoms. The van der Waals surface area contributed by atoms with E-state index in [1.54, 1.807) is 30.3 Å². The van der Waals surface area contributed by atoms with Crippen molar-refractivity contribution >= 4 is 11.9 Å². The molecule has 1 aromatic carbocycles. The van der Waals surface area contributed by atoms with E-state index in [0.29, 0.717) is 23.1 Å². The van der Waals surface area contributed by atoms with E-state index in [1.807, 2.05) is 0 Å². The average Bonchev–Trinajstić information content (AvgIpc) is 3.42. The van der Waals surface area contributed by atoms with Crippen molar-refractivity contribution in [1.29, 1.82) is 0 Å². The summed E-state index contributed by atoms with van der Waals surface area (Å²) in [5.41, 5.74) is 6.35. The lowest BCUT2D eigenvalue weighted by Crippen LogP contribution is -2.22. The van der Waals surface area contributed by atoms with Gasteiger partial charge in [0.05, 0.1) is 5.56 Å². The van der Waals surface area contributed by atoms with Gasteiger partial charge in [0.25, 0.3) is 0 Å². The summed E-state index contributed by atoms with van der Waals surface area (Å²) in [6.07, 6.45) is 8.70. The van der Waals surface area contributed by atoms with Crippen LogP contribution in [0.25, 0.3) is 0 Å². The van der Waals surface area contributed by atoms with Gasteiger partial charge in [-0.2, -0.15) is 0 Å². The van der Waals surface area contributed by atoms with Crippen LogP contribution in [0.15, 0.2) is 42.5 Å². The fraction of sp³-hybridized carbons (Fsp3) is 0.474. The highest BCUT2D eigenvalue weighted by Gasteiger charge is 2.28. The summed E-state index contributed by atoms with van der Waals surface area (Å²) in [5.74, 6) is -1.42. The second-order valence-electron chi connectivity index (χ2n) is 6.17. The van der Waals surface area contributed by atoms with Crippen molar-refractivity contribution < 1.29 is 19.8 Å². The van der Waals surface area contributed by atoms with E-state index >= 15 is 0 Å². The molecular weight excluding hydrogens is 306 g/mol. The molecule has 0 aromatic heterocycles. The van der Waals surface area contributed by atoms with Crippen molar-refractivity contribution in [2.75, 3.05) is 0 Å². The first-order valence-corrected chi connectivity index (χ1v) is 8.37. The maximum Gasteiger partial charge on any atom is 0.335 e. The molecule has 0 aliphatic heterocycles. The van der Waals surface area contributed by atoms with Crippen LogP contribution in [0.4, 0.5) is 0 Å². The van der Waals surface area contributed by atoms with Crippen molar-refractivity contribution in [1.82, 2.24) is 0 Å². The van der Waals surface area contributed by atoms with Crippen LogP contribution in [-0.4, -0.2) is 28.2 Å². The Morgan fingerprint density at radius 1 is 0.958 bits per heavy atom. The van der Waals surface area contributed by atoms with E-state index in [9.17, 15) is 9.59 Å². The van der Waals surface area contributed by atoms with Crippen LogP contribution in [0, 0.1) is 5.92 Å². The Morgan fingerprint density at radius 3 is 1.75 bits per heavy atom. The zero-order valence-corrected chi connectivity index (χ0v) is 14.0. The highest BCUT2D eigenvalue weighted by atomic mass is 16.4. The molecular formula is C19H27NO4. The van der Waals surface area contributed by atoms with Crippen molar-refractivity contribution in [3.63, 3.8) is 0 Å². The molecule has 0 heterocycles. The van der Waals surface area contributed by atoms with E-state index < -0.39 is 11.9 Å². The van der Waals surface area contributed by atoms with Crippen LogP contribution in [0.2, 0.25) is 0 Å². The Hall–Kier alpha value is -2.14. The highest BCUT2D eigenvalue weighted by Crippen LogP contribution is 2.35. The fourth-order valence-electron chi connectivity index (χ4n) is 2.32. The van der Waals surface area contributed by atoms with Crippen molar-refractivity contribution in [3.8, 4) is 0 Å². The number of hydrogen-bond acceptors (Lipinski definition) is 3. The highest BCUT2D eigenvalue weighted by molar-refractivity contribution is 5.87. The number of hydrogen-bond donors (Lipinski definition) is 3. The van der Waals surface area contributed by atoms with Gasteiger partial charge in [-0.15, -0.1) is 0 Å². The molecule has 0 saturated heterocycles. The molecule has 2 saturated carbocycles. The van der Waals surface area contributed by atoms with Crippen LogP contribution >= 0.6 is 0 Å². The lowest BCUT2D eigenvalue weighted by atomic mass is 9.97. The first-order chi connectivity index (χ1) is 11.4. The molecule has 0 bridgehead atoms. The molecule has 4 N–H and O–H groups in total. The van der Waals surface area contributed by atoms with Gasteiger partial charge in [-0.3, -0.25) is 0 Å². The molecule has 0 atom stereocenters. The average molecular weight is 333 g/mol. The van der Waals surface area contributed by atoms with Gasteiger partial charge in [0.15, 0.2) is 0 Å². The minimum absolute atomic E-state index is 0.299. The Labute approximate surface area is 143 Å². The molecule has 0 amide bonds. The molecule has 2 fully saturated rings. The van der Waals surface area contributed by atoms with Gasteiger partial charge in [-0.25, -0.2) is 9.59 Å². The Bertz CT molecular complexity index is 532. The second-order valence-corrected chi connectivity index (χ2v) is 6.17. The number of carboxylic acid groups (broad SMARTS) is 2. The lowest BCUT2D eigenvalue weighted by Gasteiger charge is -2.15. The molecule has 2 aliphatic rings. The summed E-state index contributed by atoms with van der Waals surface area (Å²) < 4.78 is 0. The van der Waals surface area contributed by atoms with Gasteiger partial charge in [-0.05, 0) is 43.7 Å². The van der Waals surface area contributed by atoms with E-state index in [1.165, 1.54) is 32.1 Å². The maximum absolute atomic E-state index is 10.2. The standard InChI is InChI=1S/C7H6O2.C6H13N.C6H8O2/c8-7(9)6-4-2-1-3-5-6;7-6-4-2-1-3-5-6;1-4(6(7)8)5-2-3-5/h1-5H,(H,8,9);6H,1-5,7H2;5H,1-3H2,(H,7,8). The summed E-state index contributed by atoms with van der Waals surface area (Å²) in [4.78, 5) is 20.3. The molecule has 1 aromatic rings. The molecule has 0 unspecified atom stereocenters. The summed E-state index contributed by atoms with van der Waals surface area (Å²) in [6, 6.07) is 8.83. The van der Waals surface area contributed by atoms with Crippen molar-refractivity contribution in [2.24, 2.45) is 11.7 Å². The summed E-state index contributed by atoms with van der Waals surface area (Å²) in [5, 5.41) is 16.7. The van der Waals surface area contributed by atoms with Crippen molar-refractivity contribution in [3.05, 3.63) is 48.0 Å². The summed E-state index contributed by atoms with van der Waals surface area (Å²) in [6.45, 7) is 3.42. The van der Waals surface area contributed by atoms with Crippen LogP contribution in [0.3, 0.4) is 0 Å². The molecule has 0 radical (unpaired) electrons. The Balaban J connectivity index is 0.000000181. The first kappa shape index (κ1) is 19.9. The van der Waals surface area contributed by atoms with E-state index in [0.717, 1.165) is 12.8 Å². The second kappa shape index (κ2) is 10.6. The molecule has 0 spiro atoms. The van der Waals surface area contributed by atoms with E-state index in [-0.39, 0.29) is 0 Å². The number of carboxylic acids is 2. The van der Waals surface area contributed by atoms with Gasteiger partial charge >= 0.3 is 11.9 Å². The van der Waals surface area contributed by atoms with Gasteiger partial charge < -0.3 is 15.9 Å². The van der Waals surface area contributed by atoms with Crippen molar-refractivity contribution in [2.45, 2.75) is 51.0 Å². The lowest BCUT2D eigenvalue weighted by molar-refractivity contribution is -0.132. The third kappa shape index (κ3) is 8.48. The van der Waals surface area contributed by atoms with E-state index in [2.05, 4.69) is 6.58 Å². The zero-order valence-electron chi connectivity index (χ0n) is 14.0. The minimum Gasteiger partial charge on any atom is -0.478 e. The smallest absolute Gasteiger partial charge is 0.335 e. The molecule has 5 nitrogen and oxygen atoms in total. The van der Waals surface area contributed by atoms with E-state index in [4.69, 9.17) is 15.9 Å². The number of aliphatic carboxylic acids is 1. The third-order valence-electron chi connectivity index (χ3n) is 4.02. The predicted octanol–water partition coefficient (Wildman–Crippen LogP) is 3.70. The summed E-state index contributed by atoms with van der Waals surface area (Å²) >= 11 is 0. The quantitative estimate of drug-likeness (QED) is 0.732. The Kier molecular flexibility index (Phi) is 8.79. The van der Waals surface area contributed by atoms with Gasteiger partial charge in [0.2, 0.25) is 0 Å². The maximum atomic E-state index is 10.2. The molecule has 3 rings (SSSR count). The third-order valence-corrected chi connectivity index (χ3v) is 4.02. The zero-order chi connectivity index (χ0) is 17.9. The van der Waals surface area contributed by atoms with Gasteiger partial charge in [0, 0.05) is 11.6 Å². The molecule has 24 heavy (non-hydrogen) atoms. The number of rotatable bonds is 3. The van der Waals surface area contributed by atoms with Crippen LogP contribution in [0.1, 0.15) is 55.3 Å². The SMILES string of the molecule is C=C(C(=O)O)C1CC1.NC1CCCCC1.O=C(O)c1ccccc1. The molecule has 2 aliphatic carbocycles. The largest absolute Gasteiger partial charge is 0.478 e.